The Morgan fingerprint density at radius 1 is 1.05 bits per heavy atom. The second-order valence-corrected chi connectivity index (χ2v) is 4.20. The zero-order valence-electron chi connectivity index (χ0n) is 10.4. The number of pyridine rings is 1. The summed E-state index contributed by atoms with van der Waals surface area (Å²) in [5.41, 5.74) is 1.67. The molecule has 0 amide bonds. The van der Waals surface area contributed by atoms with Gasteiger partial charge in [-0.2, -0.15) is 0 Å². The first-order valence-electron chi connectivity index (χ1n) is 6.00. The lowest BCUT2D eigenvalue weighted by Gasteiger charge is -1.97. The summed E-state index contributed by atoms with van der Waals surface area (Å²) < 4.78 is 5.04. The van der Waals surface area contributed by atoms with Crippen LogP contribution in [0, 0.1) is 10.1 Å². The Morgan fingerprint density at radius 2 is 1.90 bits per heavy atom. The van der Waals surface area contributed by atoms with Crippen molar-refractivity contribution in [3.05, 3.63) is 70.1 Å². The summed E-state index contributed by atoms with van der Waals surface area (Å²) in [6.07, 6.45) is 3.42. The Hall–Kier alpha value is -2.95. The van der Waals surface area contributed by atoms with Gasteiger partial charge in [-0.05, 0) is 30.4 Å². The van der Waals surface area contributed by atoms with Crippen LogP contribution < -0.4 is 0 Å². The van der Waals surface area contributed by atoms with Crippen LogP contribution in [-0.2, 0) is 0 Å². The van der Waals surface area contributed by atoms with Gasteiger partial charge in [-0.25, -0.2) is 4.98 Å². The summed E-state index contributed by atoms with van der Waals surface area (Å²) in [6, 6.07) is 14.6. The van der Waals surface area contributed by atoms with E-state index in [4.69, 9.17) is 4.42 Å². The van der Waals surface area contributed by atoms with Crippen LogP contribution in [0.5, 0.6) is 0 Å². The van der Waals surface area contributed by atoms with E-state index in [0.717, 1.165) is 16.6 Å². The van der Waals surface area contributed by atoms with Gasteiger partial charge in [-0.15, -0.1) is 0 Å². The molecule has 0 spiro atoms. The van der Waals surface area contributed by atoms with Crippen molar-refractivity contribution in [3.8, 4) is 0 Å². The van der Waals surface area contributed by atoms with Gasteiger partial charge in [0.05, 0.1) is 17.3 Å². The molecule has 0 radical (unpaired) electrons. The van der Waals surface area contributed by atoms with Gasteiger partial charge < -0.3 is 4.42 Å². The van der Waals surface area contributed by atoms with E-state index in [1.807, 2.05) is 36.4 Å². The van der Waals surface area contributed by atoms with E-state index in [9.17, 15) is 10.1 Å². The van der Waals surface area contributed by atoms with Crippen molar-refractivity contribution in [2.45, 2.75) is 0 Å². The fourth-order valence-electron chi connectivity index (χ4n) is 1.87. The molecule has 0 aliphatic heterocycles. The van der Waals surface area contributed by atoms with Gasteiger partial charge in [0, 0.05) is 5.39 Å². The number of para-hydroxylation sites is 1. The van der Waals surface area contributed by atoms with Gasteiger partial charge in [0.1, 0.15) is 10.7 Å². The molecule has 0 fully saturated rings. The van der Waals surface area contributed by atoms with E-state index in [0.29, 0.717) is 5.76 Å². The molecule has 3 aromatic rings. The molecule has 3 rings (SSSR count). The van der Waals surface area contributed by atoms with Crippen molar-refractivity contribution in [1.82, 2.24) is 4.98 Å². The van der Waals surface area contributed by atoms with Crippen molar-refractivity contribution in [1.29, 1.82) is 0 Å². The van der Waals surface area contributed by atoms with Crippen molar-refractivity contribution in [2.75, 3.05) is 0 Å². The average Bonchev–Trinajstić information content (AvgIpc) is 2.94. The fourth-order valence-corrected chi connectivity index (χ4v) is 1.87. The van der Waals surface area contributed by atoms with Gasteiger partial charge in [0.2, 0.25) is 0 Å². The number of fused-ring (bicyclic) bond motifs is 1. The highest BCUT2D eigenvalue weighted by Gasteiger charge is 2.09. The van der Waals surface area contributed by atoms with Crippen molar-refractivity contribution >= 4 is 28.9 Å². The molecule has 5 nitrogen and oxygen atoms in total. The van der Waals surface area contributed by atoms with Gasteiger partial charge in [-0.3, -0.25) is 10.1 Å². The molecule has 0 aliphatic rings. The number of nitro groups is 1. The third kappa shape index (κ3) is 2.42. The molecule has 0 atom stereocenters. The summed E-state index contributed by atoms with van der Waals surface area (Å²) in [7, 11) is 0. The smallest absolute Gasteiger partial charge is 0.401 e. The SMILES string of the molecule is O=[N+]([O-])c1ccc(C=Cc2ccc3ccccc3n2)o1. The second-order valence-electron chi connectivity index (χ2n) is 4.20. The summed E-state index contributed by atoms with van der Waals surface area (Å²) in [4.78, 5) is 14.4. The molecular formula is C15H10N2O3. The number of benzene rings is 1. The number of aromatic nitrogens is 1. The molecule has 0 N–H and O–H groups in total. The number of hydrogen-bond acceptors (Lipinski definition) is 4. The highest BCUT2D eigenvalue weighted by atomic mass is 16.6. The van der Waals surface area contributed by atoms with E-state index in [-0.39, 0.29) is 5.88 Å². The first kappa shape index (κ1) is 12.1. The molecule has 0 aliphatic carbocycles. The average molecular weight is 266 g/mol. The van der Waals surface area contributed by atoms with E-state index in [1.165, 1.54) is 6.07 Å². The lowest BCUT2D eigenvalue weighted by atomic mass is 10.2. The molecule has 1 aromatic carbocycles. The largest absolute Gasteiger partial charge is 0.433 e. The lowest BCUT2D eigenvalue weighted by Crippen LogP contribution is -1.83. The Labute approximate surface area is 114 Å². The Balaban J connectivity index is 1.87. The zero-order valence-corrected chi connectivity index (χ0v) is 10.4. The van der Waals surface area contributed by atoms with Crippen LogP contribution in [0.15, 0.2) is 52.9 Å². The quantitative estimate of drug-likeness (QED) is 0.532. The number of furan rings is 1. The van der Waals surface area contributed by atoms with Crippen LogP contribution >= 0.6 is 0 Å². The zero-order chi connectivity index (χ0) is 13.9. The van der Waals surface area contributed by atoms with Gasteiger partial charge in [-0.1, -0.05) is 24.3 Å². The highest BCUT2D eigenvalue weighted by Crippen LogP contribution is 2.18. The van der Waals surface area contributed by atoms with E-state index in [2.05, 4.69) is 4.98 Å². The molecule has 98 valence electrons. The number of rotatable bonds is 3. The molecule has 20 heavy (non-hydrogen) atoms. The fraction of sp³-hybridized carbons (Fsp3) is 0. The first-order chi connectivity index (χ1) is 9.72. The summed E-state index contributed by atoms with van der Waals surface area (Å²) in [5, 5.41) is 11.6. The third-order valence-electron chi connectivity index (χ3n) is 2.83. The minimum Gasteiger partial charge on any atom is -0.401 e. The molecule has 0 bridgehead atoms. The first-order valence-corrected chi connectivity index (χ1v) is 6.00. The number of nitrogens with zero attached hydrogens (tertiary/aromatic N) is 2. The summed E-state index contributed by atoms with van der Waals surface area (Å²) >= 11 is 0. The van der Waals surface area contributed by atoms with Gasteiger partial charge in [0.25, 0.3) is 0 Å². The van der Waals surface area contributed by atoms with Crippen LogP contribution in [0.4, 0.5) is 5.88 Å². The van der Waals surface area contributed by atoms with E-state index in [1.54, 1.807) is 18.2 Å². The van der Waals surface area contributed by atoms with Crippen LogP contribution in [0.1, 0.15) is 11.5 Å². The Morgan fingerprint density at radius 3 is 2.70 bits per heavy atom. The minimum absolute atomic E-state index is 0.267. The Bertz CT molecular complexity index is 805. The molecule has 2 heterocycles. The van der Waals surface area contributed by atoms with Gasteiger partial charge in [0.15, 0.2) is 0 Å². The van der Waals surface area contributed by atoms with E-state index >= 15 is 0 Å². The molecule has 5 heteroatoms. The minimum atomic E-state index is -0.564. The van der Waals surface area contributed by atoms with Gasteiger partial charge >= 0.3 is 5.88 Å². The lowest BCUT2D eigenvalue weighted by molar-refractivity contribution is -0.402. The normalized spacial score (nSPS) is 11.2. The molecule has 2 aromatic heterocycles. The molecule has 0 unspecified atom stereocenters. The second kappa shape index (κ2) is 4.97. The number of hydrogen-bond donors (Lipinski definition) is 0. The maximum atomic E-state index is 10.5. The van der Waals surface area contributed by atoms with Crippen molar-refractivity contribution in [3.63, 3.8) is 0 Å². The van der Waals surface area contributed by atoms with E-state index < -0.39 is 4.92 Å². The highest BCUT2D eigenvalue weighted by molar-refractivity contribution is 5.80. The van der Waals surface area contributed by atoms with Crippen LogP contribution in [-0.4, -0.2) is 9.91 Å². The maximum Gasteiger partial charge on any atom is 0.433 e. The van der Waals surface area contributed by atoms with Crippen LogP contribution in [0.25, 0.3) is 23.1 Å². The van der Waals surface area contributed by atoms with Crippen molar-refractivity contribution in [2.24, 2.45) is 0 Å². The topological polar surface area (TPSA) is 69.2 Å². The molecular weight excluding hydrogens is 256 g/mol. The van der Waals surface area contributed by atoms with Crippen LogP contribution in [0.2, 0.25) is 0 Å². The van der Waals surface area contributed by atoms with Crippen molar-refractivity contribution < 1.29 is 9.34 Å². The molecule has 0 saturated carbocycles. The Kier molecular flexibility index (Phi) is 3.01. The predicted molar refractivity (Wildman–Crippen MR) is 76.0 cm³/mol. The monoisotopic (exact) mass is 266 g/mol. The third-order valence-corrected chi connectivity index (χ3v) is 2.83. The predicted octanol–water partition coefficient (Wildman–Crippen LogP) is 3.91. The summed E-state index contributed by atoms with van der Waals surface area (Å²) in [5.74, 6) is 0.155. The molecule has 0 saturated heterocycles. The maximum absolute atomic E-state index is 10.5. The van der Waals surface area contributed by atoms with Crippen LogP contribution in [0.3, 0.4) is 0 Å². The summed E-state index contributed by atoms with van der Waals surface area (Å²) in [6.45, 7) is 0. The standard InChI is InChI=1S/C15H10N2O3/c18-17(19)15-10-9-13(20-15)8-7-12-6-5-11-3-1-2-4-14(11)16-12/h1-10H.